The molecule has 1 aliphatic rings. The van der Waals surface area contributed by atoms with Gasteiger partial charge in [-0.05, 0) is 12.8 Å². The molecule has 0 aromatic carbocycles. The Hall–Kier alpha value is -1.04. The summed E-state index contributed by atoms with van der Waals surface area (Å²) in [4.78, 5) is 3.87. The molecule has 1 aliphatic carbocycles. The lowest BCUT2D eigenvalue weighted by Gasteiger charge is -2.17. The summed E-state index contributed by atoms with van der Waals surface area (Å²) in [6, 6.07) is 2.04. The number of pyridine rings is 1. The van der Waals surface area contributed by atoms with E-state index in [4.69, 9.17) is 5.73 Å². The fourth-order valence-electron chi connectivity index (χ4n) is 1.31. The number of hydrogen-bond acceptors (Lipinski definition) is 2. The third kappa shape index (κ3) is 1.62. The second kappa shape index (κ2) is 2.73. The molecule has 0 saturated heterocycles. The maximum absolute atomic E-state index is 12.4. The van der Waals surface area contributed by atoms with E-state index in [1.165, 1.54) is 6.20 Å². The number of nitrogens with zero attached hydrogens (tertiary/aromatic N) is 1. The predicted molar refractivity (Wildman–Crippen MR) is 48.0 cm³/mol. The van der Waals surface area contributed by atoms with Crippen LogP contribution in [0.25, 0.3) is 0 Å². The van der Waals surface area contributed by atoms with Crippen LogP contribution < -0.4 is 11.2 Å². The zero-order chi connectivity index (χ0) is 10.4. The topological polar surface area (TPSA) is 38.9 Å². The van der Waals surface area contributed by atoms with Gasteiger partial charge in [-0.15, -0.1) is 5.46 Å². The van der Waals surface area contributed by atoms with Gasteiger partial charge < -0.3 is 18.7 Å². The van der Waals surface area contributed by atoms with Crippen molar-refractivity contribution in [1.29, 1.82) is 0 Å². The SMILES string of the molecule is NC1(c2cc([B-](F)(F)F)ccn2)CC1. The molecule has 0 spiro atoms. The Labute approximate surface area is 79.4 Å². The summed E-state index contributed by atoms with van der Waals surface area (Å²) in [5, 5.41) is 0. The minimum atomic E-state index is -4.94. The van der Waals surface area contributed by atoms with Crippen LogP contribution in [0.2, 0.25) is 0 Å². The molecule has 14 heavy (non-hydrogen) atoms. The summed E-state index contributed by atoms with van der Waals surface area (Å²) in [5.74, 6) is 0. The normalized spacial score (nSPS) is 19.4. The van der Waals surface area contributed by atoms with Gasteiger partial charge in [0.2, 0.25) is 0 Å². The second-order valence-corrected chi connectivity index (χ2v) is 3.71. The molecule has 2 nitrogen and oxygen atoms in total. The van der Waals surface area contributed by atoms with Crippen molar-refractivity contribution < 1.29 is 12.9 Å². The van der Waals surface area contributed by atoms with Crippen molar-refractivity contribution in [3.8, 4) is 0 Å². The van der Waals surface area contributed by atoms with Gasteiger partial charge in [-0.2, -0.15) is 0 Å². The largest absolute Gasteiger partial charge is 0.509 e. The molecule has 6 heteroatoms. The van der Waals surface area contributed by atoms with E-state index < -0.39 is 18.0 Å². The Morgan fingerprint density at radius 2 is 2.00 bits per heavy atom. The number of rotatable bonds is 2. The number of halogens is 3. The quantitative estimate of drug-likeness (QED) is 0.727. The first-order valence-electron chi connectivity index (χ1n) is 4.37. The van der Waals surface area contributed by atoms with Gasteiger partial charge in [-0.3, -0.25) is 4.98 Å². The predicted octanol–water partition coefficient (Wildman–Crippen LogP) is 1.08. The van der Waals surface area contributed by atoms with Crippen molar-refractivity contribution in [2.75, 3.05) is 0 Å². The van der Waals surface area contributed by atoms with E-state index in [1.54, 1.807) is 0 Å². The van der Waals surface area contributed by atoms with Gasteiger partial charge in [0, 0.05) is 6.20 Å². The maximum atomic E-state index is 12.4. The molecule has 0 aliphatic heterocycles. The Bertz CT molecular complexity index is 339. The molecule has 1 saturated carbocycles. The van der Waals surface area contributed by atoms with Gasteiger partial charge in [0.1, 0.15) is 0 Å². The Balaban J connectivity index is 2.37. The highest BCUT2D eigenvalue weighted by molar-refractivity contribution is 6.73. The van der Waals surface area contributed by atoms with E-state index in [9.17, 15) is 12.9 Å². The zero-order valence-electron chi connectivity index (χ0n) is 7.38. The number of nitrogens with two attached hydrogens (primary N) is 1. The number of aromatic nitrogens is 1. The van der Waals surface area contributed by atoms with E-state index in [0.717, 1.165) is 12.1 Å². The molecule has 0 unspecified atom stereocenters. The lowest BCUT2D eigenvalue weighted by molar-refractivity contribution is 0.500. The Kier molecular flexibility index (Phi) is 1.85. The first kappa shape index (κ1) is 9.52. The van der Waals surface area contributed by atoms with Crippen molar-refractivity contribution in [2.24, 2.45) is 5.73 Å². The highest BCUT2D eigenvalue weighted by atomic mass is 19.4. The van der Waals surface area contributed by atoms with Crippen LogP contribution in [0.3, 0.4) is 0 Å². The highest BCUT2D eigenvalue weighted by Gasteiger charge is 2.42. The summed E-state index contributed by atoms with van der Waals surface area (Å²) < 4.78 is 37.1. The standard InChI is InChI=1S/C8H9BF3N2/c10-9(11,12)6-1-4-14-7(5-6)8(13)2-3-8/h1,4-5H,2-3,13H2/q-1. The third-order valence-electron chi connectivity index (χ3n) is 2.46. The van der Waals surface area contributed by atoms with Gasteiger partial charge in [0.25, 0.3) is 0 Å². The van der Waals surface area contributed by atoms with Gasteiger partial charge in [0.05, 0.1) is 11.2 Å². The van der Waals surface area contributed by atoms with Gasteiger partial charge in [0.15, 0.2) is 0 Å². The van der Waals surface area contributed by atoms with Crippen LogP contribution in [-0.4, -0.2) is 12.0 Å². The summed E-state index contributed by atoms with van der Waals surface area (Å²) in [6.45, 7) is -4.94. The van der Waals surface area contributed by atoms with E-state index >= 15 is 0 Å². The minimum absolute atomic E-state index is 0.356. The van der Waals surface area contributed by atoms with E-state index in [0.29, 0.717) is 18.5 Å². The van der Waals surface area contributed by atoms with E-state index in [1.807, 2.05) is 0 Å². The molecule has 0 amide bonds. The average Bonchev–Trinajstić information content (AvgIpc) is 2.84. The molecule has 1 aromatic heterocycles. The molecular formula is C8H9BF3N2-. The van der Waals surface area contributed by atoms with Crippen molar-refractivity contribution in [3.05, 3.63) is 24.0 Å². The molecule has 1 heterocycles. The molecule has 76 valence electrons. The second-order valence-electron chi connectivity index (χ2n) is 3.71. The van der Waals surface area contributed by atoms with Gasteiger partial charge in [-0.25, -0.2) is 0 Å². The van der Waals surface area contributed by atoms with Crippen LogP contribution in [-0.2, 0) is 5.54 Å². The van der Waals surface area contributed by atoms with Crippen LogP contribution in [0.5, 0.6) is 0 Å². The molecule has 0 radical (unpaired) electrons. The lowest BCUT2D eigenvalue weighted by Crippen LogP contribution is -2.35. The van der Waals surface area contributed by atoms with Crippen LogP contribution in [0.15, 0.2) is 18.3 Å². The molecule has 1 aromatic rings. The fraction of sp³-hybridized carbons (Fsp3) is 0.375. The van der Waals surface area contributed by atoms with Crippen molar-refractivity contribution in [2.45, 2.75) is 18.4 Å². The van der Waals surface area contributed by atoms with Crippen molar-refractivity contribution in [1.82, 2.24) is 4.98 Å². The molecule has 0 atom stereocenters. The van der Waals surface area contributed by atoms with Crippen molar-refractivity contribution in [3.63, 3.8) is 0 Å². The summed E-state index contributed by atoms with van der Waals surface area (Å²) >= 11 is 0. The van der Waals surface area contributed by atoms with Crippen LogP contribution in [0, 0.1) is 0 Å². The average molecular weight is 201 g/mol. The first-order chi connectivity index (χ1) is 6.42. The van der Waals surface area contributed by atoms with Gasteiger partial charge >= 0.3 is 6.98 Å². The monoisotopic (exact) mass is 201 g/mol. The maximum Gasteiger partial charge on any atom is 0.509 e. The number of hydrogen-bond donors (Lipinski definition) is 1. The van der Waals surface area contributed by atoms with Crippen molar-refractivity contribution >= 4 is 12.4 Å². The molecule has 2 N–H and O–H groups in total. The molecule has 0 bridgehead atoms. The molecule has 2 rings (SSSR count). The van der Waals surface area contributed by atoms with Crippen LogP contribution in [0.1, 0.15) is 18.5 Å². The lowest BCUT2D eigenvalue weighted by atomic mass is 9.80. The third-order valence-corrected chi connectivity index (χ3v) is 2.46. The smallest absolute Gasteiger partial charge is 0.445 e. The van der Waals surface area contributed by atoms with E-state index in [-0.39, 0.29) is 0 Å². The molecular weight excluding hydrogens is 192 g/mol. The summed E-state index contributed by atoms with van der Waals surface area (Å²) in [7, 11) is 0. The summed E-state index contributed by atoms with van der Waals surface area (Å²) in [6.07, 6.45) is 2.61. The Morgan fingerprint density at radius 3 is 2.50 bits per heavy atom. The minimum Gasteiger partial charge on any atom is -0.445 e. The van der Waals surface area contributed by atoms with E-state index in [2.05, 4.69) is 4.98 Å². The fourth-order valence-corrected chi connectivity index (χ4v) is 1.31. The zero-order valence-corrected chi connectivity index (χ0v) is 7.38. The highest BCUT2D eigenvalue weighted by Crippen LogP contribution is 2.41. The first-order valence-corrected chi connectivity index (χ1v) is 4.37. The van der Waals surface area contributed by atoms with Crippen LogP contribution >= 0.6 is 0 Å². The van der Waals surface area contributed by atoms with Gasteiger partial charge in [-0.1, -0.05) is 12.1 Å². The summed E-state index contributed by atoms with van der Waals surface area (Å²) in [5.41, 5.74) is 4.89. The Morgan fingerprint density at radius 1 is 1.36 bits per heavy atom. The van der Waals surface area contributed by atoms with Crippen LogP contribution in [0.4, 0.5) is 12.9 Å². The molecule has 1 fully saturated rings.